The van der Waals surface area contributed by atoms with Crippen LogP contribution in [0.2, 0.25) is 0 Å². The lowest BCUT2D eigenvalue weighted by Gasteiger charge is -2.22. The molecule has 0 spiro atoms. The highest BCUT2D eigenvalue weighted by Gasteiger charge is 2.20. The summed E-state index contributed by atoms with van der Waals surface area (Å²) in [6, 6.07) is 11.8. The zero-order valence-corrected chi connectivity index (χ0v) is 15.7. The molecule has 2 aromatic heterocycles. The Morgan fingerprint density at radius 1 is 1.20 bits per heavy atom. The van der Waals surface area contributed by atoms with Crippen LogP contribution >= 0.6 is 11.3 Å². The summed E-state index contributed by atoms with van der Waals surface area (Å²) in [5.41, 5.74) is 2.59. The molecule has 0 radical (unpaired) electrons. The standard InChI is InChI=1S/C20H22N2O2S/c1-13-16(22-19(24-13)17-10-7-11-25-17)12-18(23)21-15-9-6-5-8-14(15)20(2,3)4/h5-11H,12H2,1-4H3,(H,21,23). The van der Waals surface area contributed by atoms with Gasteiger partial charge in [-0.3, -0.25) is 4.79 Å². The average molecular weight is 354 g/mol. The van der Waals surface area contributed by atoms with Crippen LogP contribution in [0.25, 0.3) is 10.8 Å². The lowest BCUT2D eigenvalue weighted by atomic mass is 9.86. The number of nitrogens with one attached hydrogen (secondary N) is 1. The third-order valence-electron chi connectivity index (χ3n) is 3.96. The number of amides is 1. The van der Waals surface area contributed by atoms with E-state index in [4.69, 9.17) is 4.42 Å². The minimum atomic E-state index is -0.0918. The first-order valence-corrected chi connectivity index (χ1v) is 9.12. The number of hydrogen-bond donors (Lipinski definition) is 1. The van der Waals surface area contributed by atoms with E-state index in [-0.39, 0.29) is 17.7 Å². The molecule has 0 fully saturated rings. The predicted octanol–water partition coefficient (Wildman–Crippen LogP) is 5.19. The second-order valence-corrected chi connectivity index (χ2v) is 7.97. The van der Waals surface area contributed by atoms with Crippen molar-refractivity contribution in [3.63, 3.8) is 0 Å². The number of benzene rings is 1. The zero-order chi connectivity index (χ0) is 18.0. The van der Waals surface area contributed by atoms with Gasteiger partial charge in [0.2, 0.25) is 11.8 Å². The number of carbonyl (C=O) groups excluding carboxylic acids is 1. The normalized spacial score (nSPS) is 11.5. The van der Waals surface area contributed by atoms with Crippen LogP contribution in [0.3, 0.4) is 0 Å². The summed E-state index contributed by atoms with van der Waals surface area (Å²) in [5, 5.41) is 5.00. The van der Waals surface area contributed by atoms with Crippen molar-refractivity contribution in [2.24, 2.45) is 0 Å². The molecule has 0 unspecified atom stereocenters. The fourth-order valence-electron chi connectivity index (χ4n) is 2.69. The number of nitrogens with zero attached hydrogens (tertiary/aromatic N) is 1. The lowest BCUT2D eigenvalue weighted by Crippen LogP contribution is -2.20. The summed E-state index contributed by atoms with van der Waals surface area (Å²) in [5.74, 6) is 1.17. The molecule has 0 aliphatic rings. The lowest BCUT2D eigenvalue weighted by molar-refractivity contribution is -0.115. The summed E-state index contributed by atoms with van der Waals surface area (Å²) in [6.07, 6.45) is 0.194. The zero-order valence-electron chi connectivity index (χ0n) is 14.9. The van der Waals surface area contributed by atoms with Crippen LogP contribution in [0.5, 0.6) is 0 Å². The third-order valence-corrected chi connectivity index (χ3v) is 4.82. The minimum absolute atomic E-state index is 0.0416. The van der Waals surface area contributed by atoms with Gasteiger partial charge in [0.15, 0.2) is 0 Å². The van der Waals surface area contributed by atoms with Gasteiger partial charge in [-0.05, 0) is 35.4 Å². The fourth-order valence-corrected chi connectivity index (χ4v) is 3.34. The van der Waals surface area contributed by atoms with Crippen molar-refractivity contribution in [3.05, 3.63) is 58.8 Å². The van der Waals surface area contributed by atoms with E-state index >= 15 is 0 Å². The number of aryl methyl sites for hydroxylation is 1. The van der Waals surface area contributed by atoms with Gasteiger partial charge in [0.1, 0.15) is 5.76 Å². The van der Waals surface area contributed by atoms with E-state index in [1.807, 2.05) is 48.7 Å². The van der Waals surface area contributed by atoms with Crippen LogP contribution < -0.4 is 5.32 Å². The SMILES string of the molecule is Cc1oc(-c2cccs2)nc1CC(=O)Nc1ccccc1C(C)(C)C. The van der Waals surface area contributed by atoms with Crippen molar-refractivity contribution in [2.75, 3.05) is 5.32 Å². The Hall–Kier alpha value is -2.40. The molecule has 130 valence electrons. The number of rotatable bonds is 4. The van der Waals surface area contributed by atoms with Crippen LogP contribution in [0, 0.1) is 6.92 Å². The minimum Gasteiger partial charge on any atom is -0.440 e. The van der Waals surface area contributed by atoms with Crippen LogP contribution in [-0.2, 0) is 16.6 Å². The van der Waals surface area contributed by atoms with Crippen molar-refractivity contribution in [1.29, 1.82) is 0 Å². The summed E-state index contributed by atoms with van der Waals surface area (Å²) in [7, 11) is 0. The van der Waals surface area contributed by atoms with E-state index in [0.29, 0.717) is 17.3 Å². The van der Waals surface area contributed by atoms with E-state index in [1.54, 1.807) is 11.3 Å². The molecule has 4 nitrogen and oxygen atoms in total. The smallest absolute Gasteiger partial charge is 0.236 e. The molecule has 3 rings (SSSR count). The molecule has 3 aromatic rings. The van der Waals surface area contributed by atoms with E-state index in [1.165, 1.54) is 0 Å². The molecule has 25 heavy (non-hydrogen) atoms. The fraction of sp³-hybridized carbons (Fsp3) is 0.300. The van der Waals surface area contributed by atoms with Crippen LogP contribution in [0.1, 0.15) is 37.8 Å². The first-order valence-electron chi connectivity index (χ1n) is 8.24. The monoisotopic (exact) mass is 354 g/mol. The van der Waals surface area contributed by atoms with Crippen LogP contribution in [0.15, 0.2) is 46.2 Å². The number of para-hydroxylation sites is 1. The highest BCUT2D eigenvalue weighted by atomic mass is 32.1. The number of thiophene rings is 1. The van der Waals surface area contributed by atoms with Gasteiger partial charge in [-0.25, -0.2) is 4.98 Å². The molecule has 0 bridgehead atoms. The molecule has 1 aromatic carbocycles. The van der Waals surface area contributed by atoms with Gasteiger partial charge in [0.25, 0.3) is 0 Å². The largest absolute Gasteiger partial charge is 0.440 e. The van der Waals surface area contributed by atoms with Gasteiger partial charge < -0.3 is 9.73 Å². The maximum atomic E-state index is 12.5. The molecule has 0 saturated heterocycles. The van der Waals surface area contributed by atoms with Crippen LogP contribution in [-0.4, -0.2) is 10.9 Å². The summed E-state index contributed by atoms with van der Waals surface area (Å²) in [6.45, 7) is 8.24. The van der Waals surface area contributed by atoms with Gasteiger partial charge in [0, 0.05) is 5.69 Å². The second kappa shape index (κ2) is 6.84. The molecular formula is C20H22N2O2S. The highest BCUT2D eigenvalue weighted by Crippen LogP contribution is 2.30. The quantitative estimate of drug-likeness (QED) is 0.701. The topological polar surface area (TPSA) is 55.1 Å². The molecule has 5 heteroatoms. The van der Waals surface area contributed by atoms with Gasteiger partial charge in [0.05, 0.1) is 17.0 Å². The van der Waals surface area contributed by atoms with Crippen molar-refractivity contribution in [2.45, 2.75) is 39.5 Å². The molecule has 2 heterocycles. The molecule has 0 saturated carbocycles. The van der Waals surface area contributed by atoms with Crippen molar-refractivity contribution >= 4 is 22.9 Å². The molecule has 1 amide bonds. The van der Waals surface area contributed by atoms with Crippen molar-refractivity contribution in [1.82, 2.24) is 4.98 Å². The summed E-state index contributed by atoms with van der Waals surface area (Å²) >= 11 is 1.57. The Morgan fingerprint density at radius 3 is 2.64 bits per heavy atom. The van der Waals surface area contributed by atoms with E-state index in [2.05, 4.69) is 31.1 Å². The number of oxazole rings is 1. The Bertz CT molecular complexity index is 873. The van der Waals surface area contributed by atoms with Crippen molar-refractivity contribution < 1.29 is 9.21 Å². The Labute approximate surface area is 151 Å². The molecular weight excluding hydrogens is 332 g/mol. The van der Waals surface area contributed by atoms with E-state index in [9.17, 15) is 4.79 Å². The summed E-state index contributed by atoms with van der Waals surface area (Å²) < 4.78 is 5.71. The van der Waals surface area contributed by atoms with Gasteiger partial charge in [-0.2, -0.15) is 0 Å². The Kier molecular flexibility index (Phi) is 4.77. The van der Waals surface area contributed by atoms with Gasteiger partial charge >= 0.3 is 0 Å². The predicted molar refractivity (Wildman–Crippen MR) is 102 cm³/mol. The number of aromatic nitrogens is 1. The van der Waals surface area contributed by atoms with E-state index in [0.717, 1.165) is 16.1 Å². The van der Waals surface area contributed by atoms with Gasteiger partial charge in [-0.15, -0.1) is 11.3 Å². The first-order chi connectivity index (χ1) is 11.8. The first kappa shape index (κ1) is 17.4. The number of hydrogen-bond acceptors (Lipinski definition) is 4. The summed E-state index contributed by atoms with van der Waals surface area (Å²) in [4.78, 5) is 18.0. The maximum absolute atomic E-state index is 12.5. The molecule has 1 N–H and O–H groups in total. The third kappa shape index (κ3) is 3.99. The Balaban J connectivity index is 1.76. The molecule has 0 atom stereocenters. The average Bonchev–Trinajstić information content (AvgIpc) is 3.17. The number of anilines is 1. The highest BCUT2D eigenvalue weighted by molar-refractivity contribution is 7.13. The second-order valence-electron chi connectivity index (χ2n) is 7.02. The maximum Gasteiger partial charge on any atom is 0.236 e. The number of carbonyl (C=O) groups is 1. The Morgan fingerprint density at radius 2 is 1.96 bits per heavy atom. The van der Waals surface area contributed by atoms with E-state index < -0.39 is 0 Å². The van der Waals surface area contributed by atoms with Crippen molar-refractivity contribution in [3.8, 4) is 10.8 Å². The molecule has 0 aliphatic heterocycles. The van der Waals surface area contributed by atoms with Gasteiger partial charge in [-0.1, -0.05) is 45.0 Å². The van der Waals surface area contributed by atoms with Crippen LogP contribution in [0.4, 0.5) is 5.69 Å². The molecule has 0 aliphatic carbocycles.